The summed E-state index contributed by atoms with van der Waals surface area (Å²) in [5, 5.41) is 12.7. The Morgan fingerprint density at radius 2 is 1.83 bits per heavy atom. The number of nitrogens with one attached hydrogen (secondary N) is 1. The van der Waals surface area contributed by atoms with Crippen LogP contribution in [0.25, 0.3) is 0 Å². The second-order valence-corrected chi connectivity index (χ2v) is 4.10. The fourth-order valence-corrected chi connectivity index (χ4v) is 1.78. The molecule has 0 atom stereocenters. The van der Waals surface area contributed by atoms with Gasteiger partial charge in [0.1, 0.15) is 5.75 Å². The number of aromatic hydroxyl groups is 1. The smallest absolute Gasteiger partial charge is 0.181 e. The highest BCUT2D eigenvalue weighted by atomic mass is 35.5. The fourth-order valence-electron chi connectivity index (χ4n) is 1.55. The summed E-state index contributed by atoms with van der Waals surface area (Å²) in [5.41, 5.74) is 0.456. The Morgan fingerprint density at radius 1 is 1.11 bits per heavy atom. The van der Waals surface area contributed by atoms with Crippen LogP contribution < -0.4 is 5.32 Å². The lowest BCUT2D eigenvalue weighted by molar-refractivity contribution is 0.469. The summed E-state index contributed by atoms with van der Waals surface area (Å²) < 4.78 is 26.3. The molecule has 0 spiro atoms. The van der Waals surface area contributed by atoms with E-state index in [9.17, 15) is 13.9 Å². The molecule has 2 N–H and O–H groups in total. The van der Waals surface area contributed by atoms with Gasteiger partial charge in [0, 0.05) is 17.1 Å². The molecule has 0 saturated heterocycles. The van der Waals surface area contributed by atoms with Crippen LogP contribution >= 0.6 is 11.6 Å². The lowest BCUT2D eigenvalue weighted by Gasteiger charge is -2.10. The third kappa shape index (κ3) is 2.54. The van der Waals surface area contributed by atoms with Crippen LogP contribution in [0.2, 0.25) is 5.02 Å². The van der Waals surface area contributed by atoms with Crippen molar-refractivity contribution < 1.29 is 13.9 Å². The Morgan fingerprint density at radius 3 is 2.56 bits per heavy atom. The number of anilines is 1. The van der Waals surface area contributed by atoms with Crippen LogP contribution in [-0.2, 0) is 6.54 Å². The molecule has 0 heterocycles. The first-order chi connectivity index (χ1) is 8.59. The number of halogens is 3. The number of phenolic OH excluding ortho intramolecular Hbond substituents is 1. The molecule has 0 aromatic heterocycles. The Balaban J connectivity index is 2.19. The van der Waals surface area contributed by atoms with E-state index < -0.39 is 11.6 Å². The van der Waals surface area contributed by atoms with Crippen molar-refractivity contribution in [3.05, 3.63) is 58.6 Å². The standard InChI is InChI=1S/C13H10ClF2NO/c14-9-3-1-6-12(18)8(9)7-17-11-5-2-4-10(15)13(11)16/h1-6,17-18H,7H2. The monoisotopic (exact) mass is 269 g/mol. The first kappa shape index (κ1) is 12.6. The third-order valence-corrected chi connectivity index (χ3v) is 2.86. The summed E-state index contributed by atoms with van der Waals surface area (Å²) >= 11 is 5.90. The molecule has 0 radical (unpaired) electrons. The molecule has 2 rings (SSSR count). The Hall–Kier alpha value is -1.81. The average molecular weight is 270 g/mol. The van der Waals surface area contributed by atoms with Crippen molar-refractivity contribution in [3.63, 3.8) is 0 Å². The van der Waals surface area contributed by atoms with Crippen molar-refractivity contribution in [2.45, 2.75) is 6.54 Å². The zero-order valence-electron chi connectivity index (χ0n) is 9.25. The van der Waals surface area contributed by atoms with E-state index in [1.165, 1.54) is 18.2 Å². The van der Waals surface area contributed by atoms with Crippen molar-refractivity contribution in [2.75, 3.05) is 5.32 Å². The van der Waals surface area contributed by atoms with Crippen LogP contribution in [0, 0.1) is 11.6 Å². The van der Waals surface area contributed by atoms with Gasteiger partial charge in [-0.15, -0.1) is 0 Å². The molecule has 18 heavy (non-hydrogen) atoms. The molecule has 94 valence electrons. The molecule has 0 amide bonds. The van der Waals surface area contributed by atoms with Crippen LogP contribution in [0.1, 0.15) is 5.56 Å². The van der Waals surface area contributed by atoms with Crippen LogP contribution in [0.5, 0.6) is 5.75 Å². The number of rotatable bonds is 3. The van der Waals surface area contributed by atoms with Crippen molar-refractivity contribution >= 4 is 17.3 Å². The van der Waals surface area contributed by atoms with E-state index in [-0.39, 0.29) is 18.0 Å². The second-order valence-electron chi connectivity index (χ2n) is 3.69. The summed E-state index contributed by atoms with van der Waals surface area (Å²) in [4.78, 5) is 0. The SMILES string of the molecule is Oc1cccc(Cl)c1CNc1cccc(F)c1F. The molecule has 0 bridgehead atoms. The van der Waals surface area contributed by atoms with E-state index in [0.29, 0.717) is 10.6 Å². The highest BCUT2D eigenvalue weighted by Crippen LogP contribution is 2.26. The molecule has 0 unspecified atom stereocenters. The van der Waals surface area contributed by atoms with Gasteiger partial charge in [0.25, 0.3) is 0 Å². The highest BCUT2D eigenvalue weighted by Gasteiger charge is 2.09. The summed E-state index contributed by atoms with van der Waals surface area (Å²) in [6, 6.07) is 8.53. The largest absolute Gasteiger partial charge is 0.508 e. The molecule has 0 aliphatic heterocycles. The average Bonchev–Trinajstić information content (AvgIpc) is 2.33. The van der Waals surface area contributed by atoms with Gasteiger partial charge in [-0.3, -0.25) is 0 Å². The van der Waals surface area contributed by atoms with Crippen molar-refractivity contribution in [1.82, 2.24) is 0 Å². The Bertz CT molecular complexity index is 555. The lowest BCUT2D eigenvalue weighted by atomic mass is 10.2. The molecule has 2 nitrogen and oxygen atoms in total. The van der Waals surface area contributed by atoms with Crippen molar-refractivity contribution in [3.8, 4) is 5.75 Å². The number of hydrogen-bond acceptors (Lipinski definition) is 2. The fraction of sp³-hybridized carbons (Fsp3) is 0.0769. The van der Waals surface area contributed by atoms with Gasteiger partial charge in [-0.25, -0.2) is 8.78 Å². The van der Waals surface area contributed by atoms with Crippen LogP contribution in [0.4, 0.5) is 14.5 Å². The molecule has 0 aliphatic carbocycles. The first-order valence-electron chi connectivity index (χ1n) is 5.24. The molecular formula is C13H10ClF2NO. The van der Waals surface area contributed by atoms with Crippen molar-refractivity contribution in [1.29, 1.82) is 0 Å². The van der Waals surface area contributed by atoms with E-state index in [0.717, 1.165) is 6.07 Å². The Kier molecular flexibility index (Phi) is 3.67. The van der Waals surface area contributed by atoms with Gasteiger partial charge in [-0.1, -0.05) is 23.7 Å². The minimum absolute atomic E-state index is 0.00631. The maximum atomic E-state index is 13.4. The predicted molar refractivity (Wildman–Crippen MR) is 66.8 cm³/mol. The number of phenols is 1. The van der Waals surface area contributed by atoms with Gasteiger partial charge in [0.15, 0.2) is 11.6 Å². The molecule has 0 saturated carbocycles. The Labute approximate surface area is 108 Å². The quantitative estimate of drug-likeness (QED) is 0.885. The van der Waals surface area contributed by atoms with Crippen LogP contribution in [0.3, 0.4) is 0 Å². The molecular weight excluding hydrogens is 260 g/mol. The predicted octanol–water partition coefficient (Wildman–Crippen LogP) is 3.94. The van der Waals surface area contributed by atoms with Gasteiger partial charge < -0.3 is 10.4 Å². The van der Waals surface area contributed by atoms with E-state index in [2.05, 4.69) is 5.32 Å². The summed E-state index contributed by atoms with van der Waals surface area (Å²) in [5.74, 6) is -1.88. The van der Waals surface area contributed by atoms with Gasteiger partial charge in [-0.05, 0) is 24.3 Å². The van der Waals surface area contributed by atoms with Gasteiger partial charge in [0.2, 0.25) is 0 Å². The summed E-state index contributed by atoms with van der Waals surface area (Å²) in [7, 11) is 0. The molecule has 5 heteroatoms. The minimum Gasteiger partial charge on any atom is -0.508 e. The minimum atomic E-state index is -0.955. The summed E-state index contributed by atoms with van der Waals surface area (Å²) in [6.45, 7) is 0.103. The van der Waals surface area contributed by atoms with E-state index >= 15 is 0 Å². The number of benzene rings is 2. The maximum Gasteiger partial charge on any atom is 0.181 e. The van der Waals surface area contributed by atoms with Crippen LogP contribution in [0.15, 0.2) is 36.4 Å². The van der Waals surface area contributed by atoms with E-state index in [4.69, 9.17) is 11.6 Å². The topological polar surface area (TPSA) is 32.3 Å². The van der Waals surface area contributed by atoms with Gasteiger partial charge in [0.05, 0.1) is 5.69 Å². The maximum absolute atomic E-state index is 13.4. The molecule has 2 aromatic rings. The number of hydrogen-bond donors (Lipinski definition) is 2. The molecule has 2 aromatic carbocycles. The van der Waals surface area contributed by atoms with E-state index in [1.54, 1.807) is 12.1 Å². The van der Waals surface area contributed by atoms with Crippen LogP contribution in [-0.4, -0.2) is 5.11 Å². The highest BCUT2D eigenvalue weighted by molar-refractivity contribution is 6.31. The molecule has 0 fully saturated rings. The van der Waals surface area contributed by atoms with Gasteiger partial charge in [-0.2, -0.15) is 0 Å². The first-order valence-corrected chi connectivity index (χ1v) is 5.61. The zero-order valence-corrected chi connectivity index (χ0v) is 10.0. The van der Waals surface area contributed by atoms with Gasteiger partial charge >= 0.3 is 0 Å². The van der Waals surface area contributed by atoms with Crippen molar-refractivity contribution in [2.24, 2.45) is 0 Å². The lowest BCUT2D eigenvalue weighted by Crippen LogP contribution is -2.03. The second kappa shape index (κ2) is 5.23. The van der Waals surface area contributed by atoms with E-state index in [1.807, 2.05) is 0 Å². The zero-order chi connectivity index (χ0) is 13.1. The molecule has 0 aliphatic rings. The summed E-state index contributed by atoms with van der Waals surface area (Å²) in [6.07, 6.45) is 0. The normalized spacial score (nSPS) is 10.4. The third-order valence-electron chi connectivity index (χ3n) is 2.50.